The van der Waals surface area contributed by atoms with E-state index in [1.165, 1.54) is 6.21 Å². The lowest BCUT2D eigenvalue weighted by Gasteiger charge is -2.14. The van der Waals surface area contributed by atoms with Gasteiger partial charge in [-0.15, -0.1) is 0 Å². The van der Waals surface area contributed by atoms with E-state index < -0.39 is 0 Å². The third-order valence-corrected chi connectivity index (χ3v) is 5.76. The molecule has 172 valence electrons. The molecule has 0 radical (unpaired) electrons. The lowest BCUT2D eigenvalue weighted by Crippen LogP contribution is -2.17. The highest BCUT2D eigenvalue weighted by Gasteiger charge is 2.12. The number of methoxy groups -OCH3 is 1. The van der Waals surface area contributed by atoms with E-state index >= 15 is 0 Å². The zero-order valence-corrected chi connectivity index (χ0v) is 21.0. The molecule has 0 aliphatic carbocycles. The first-order valence-corrected chi connectivity index (χ1v) is 11.5. The monoisotopic (exact) mass is 550 g/mol. The van der Waals surface area contributed by atoms with E-state index in [-0.39, 0.29) is 12.5 Å². The third kappa shape index (κ3) is 6.87. The maximum Gasteiger partial charge on any atom is 0.271 e. The predicted molar refractivity (Wildman–Crippen MR) is 134 cm³/mol. The van der Waals surface area contributed by atoms with Gasteiger partial charge in [0.25, 0.3) is 5.91 Å². The molecule has 3 aromatic carbocycles. The van der Waals surface area contributed by atoms with E-state index in [9.17, 15) is 4.79 Å². The second kappa shape index (κ2) is 11.9. The first kappa shape index (κ1) is 24.9. The fourth-order valence-corrected chi connectivity index (χ4v) is 3.68. The Kier molecular flexibility index (Phi) is 9.00. The number of benzene rings is 3. The van der Waals surface area contributed by atoms with E-state index in [1.54, 1.807) is 55.6 Å². The summed E-state index contributed by atoms with van der Waals surface area (Å²) < 4.78 is 17.5. The topological polar surface area (TPSA) is 69.2 Å². The van der Waals surface area contributed by atoms with Crippen molar-refractivity contribution in [2.24, 2.45) is 5.10 Å². The molecule has 0 heterocycles. The van der Waals surface area contributed by atoms with Gasteiger partial charge in [0, 0.05) is 31.2 Å². The minimum absolute atomic E-state index is 0.244. The Labute approximate surface area is 210 Å². The van der Waals surface area contributed by atoms with Crippen molar-refractivity contribution in [3.05, 3.63) is 85.8 Å². The highest BCUT2D eigenvalue weighted by molar-refractivity contribution is 9.10. The standard InChI is InChI=1S/C24H21BrCl2N2O4/c1-3-32-22-10-17(13-28-29-24(30)15-5-8-19(31-2)9-6-15)20(25)12-23(22)33-14-16-4-7-18(26)11-21(16)27/h4-13H,3,14H2,1-2H3,(H,29,30)/b28-13-. The molecule has 0 aromatic heterocycles. The van der Waals surface area contributed by atoms with Crippen molar-refractivity contribution in [1.29, 1.82) is 0 Å². The van der Waals surface area contributed by atoms with Crippen LogP contribution < -0.4 is 19.6 Å². The van der Waals surface area contributed by atoms with E-state index in [1.807, 2.05) is 13.0 Å². The first-order valence-electron chi connectivity index (χ1n) is 9.91. The average Bonchev–Trinajstić information content (AvgIpc) is 2.81. The highest BCUT2D eigenvalue weighted by atomic mass is 79.9. The highest BCUT2D eigenvalue weighted by Crippen LogP contribution is 2.34. The number of hydrogen-bond acceptors (Lipinski definition) is 5. The molecule has 0 aliphatic rings. The number of carbonyl (C=O) groups excluding carboxylic acids is 1. The summed E-state index contributed by atoms with van der Waals surface area (Å²) in [7, 11) is 1.57. The zero-order valence-electron chi connectivity index (χ0n) is 17.9. The van der Waals surface area contributed by atoms with Crippen LogP contribution in [0.5, 0.6) is 17.2 Å². The van der Waals surface area contributed by atoms with Crippen LogP contribution >= 0.6 is 39.1 Å². The summed E-state index contributed by atoms with van der Waals surface area (Å²) in [6, 6.07) is 15.5. The number of carbonyl (C=O) groups is 1. The first-order chi connectivity index (χ1) is 15.9. The molecule has 1 amide bonds. The third-order valence-electron chi connectivity index (χ3n) is 4.48. The van der Waals surface area contributed by atoms with Crippen LogP contribution in [0.4, 0.5) is 0 Å². The van der Waals surface area contributed by atoms with Crippen LogP contribution in [0.15, 0.2) is 64.2 Å². The Morgan fingerprint density at radius 2 is 1.79 bits per heavy atom. The second-order valence-corrected chi connectivity index (χ2v) is 8.40. The molecule has 0 saturated carbocycles. The predicted octanol–water partition coefficient (Wildman–Crippen LogP) is 6.51. The molecule has 0 spiro atoms. The van der Waals surface area contributed by atoms with Crippen molar-refractivity contribution in [1.82, 2.24) is 5.43 Å². The molecular weight excluding hydrogens is 531 g/mol. The summed E-state index contributed by atoms with van der Waals surface area (Å²) in [5, 5.41) is 5.14. The molecule has 0 saturated heterocycles. The van der Waals surface area contributed by atoms with Gasteiger partial charge in [-0.25, -0.2) is 5.43 Å². The van der Waals surface area contributed by atoms with Crippen LogP contribution in [-0.2, 0) is 6.61 Å². The molecule has 33 heavy (non-hydrogen) atoms. The van der Waals surface area contributed by atoms with Gasteiger partial charge in [-0.3, -0.25) is 4.79 Å². The molecular formula is C24H21BrCl2N2O4. The van der Waals surface area contributed by atoms with Gasteiger partial charge in [0.2, 0.25) is 0 Å². The van der Waals surface area contributed by atoms with Gasteiger partial charge in [-0.05, 0) is 71.4 Å². The summed E-state index contributed by atoms with van der Waals surface area (Å²) in [6.45, 7) is 2.57. The van der Waals surface area contributed by atoms with Gasteiger partial charge < -0.3 is 14.2 Å². The summed E-state index contributed by atoms with van der Waals surface area (Å²) in [5.41, 5.74) is 4.47. The quantitative estimate of drug-likeness (QED) is 0.243. The normalized spacial score (nSPS) is 10.8. The number of amides is 1. The molecule has 3 aromatic rings. The number of rotatable bonds is 9. The van der Waals surface area contributed by atoms with E-state index in [0.717, 1.165) is 5.56 Å². The number of nitrogens with one attached hydrogen (secondary N) is 1. The fourth-order valence-electron chi connectivity index (χ4n) is 2.79. The Morgan fingerprint density at radius 1 is 1.06 bits per heavy atom. The van der Waals surface area contributed by atoms with E-state index in [2.05, 4.69) is 26.5 Å². The van der Waals surface area contributed by atoms with Crippen molar-refractivity contribution in [3.63, 3.8) is 0 Å². The molecule has 0 fully saturated rings. The van der Waals surface area contributed by atoms with Crippen molar-refractivity contribution < 1.29 is 19.0 Å². The molecule has 0 unspecified atom stereocenters. The summed E-state index contributed by atoms with van der Waals surface area (Å²) >= 11 is 15.7. The average molecular weight is 552 g/mol. The van der Waals surface area contributed by atoms with Gasteiger partial charge >= 0.3 is 0 Å². The minimum Gasteiger partial charge on any atom is -0.497 e. The van der Waals surface area contributed by atoms with Gasteiger partial charge in [-0.2, -0.15) is 5.10 Å². The van der Waals surface area contributed by atoms with Crippen molar-refractivity contribution >= 4 is 51.3 Å². The Balaban J connectivity index is 1.71. The summed E-state index contributed by atoms with van der Waals surface area (Å²) in [5.74, 6) is 1.40. The number of halogens is 3. The fraction of sp³-hybridized carbons (Fsp3) is 0.167. The van der Waals surface area contributed by atoms with Gasteiger partial charge in [0.15, 0.2) is 11.5 Å². The molecule has 3 rings (SSSR count). The summed E-state index contributed by atoms with van der Waals surface area (Å²) in [4.78, 5) is 12.3. The number of nitrogens with zero attached hydrogens (tertiary/aromatic N) is 1. The van der Waals surface area contributed by atoms with E-state index in [0.29, 0.717) is 49.5 Å². The van der Waals surface area contributed by atoms with Crippen LogP contribution in [0.3, 0.4) is 0 Å². The lowest BCUT2D eigenvalue weighted by molar-refractivity contribution is 0.0955. The molecule has 0 aliphatic heterocycles. The Morgan fingerprint density at radius 3 is 2.45 bits per heavy atom. The minimum atomic E-state index is -0.338. The van der Waals surface area contributed by atoms with E-state index in [4.69, 9.17) is 37.4 Å². The van der Waals surface area contributed by atoms with Crippen molar-refractivity contribution in [2.45, 2.75) is 13.5 Å². The van der Waals surface area contributed by atoms with Crippen molar-refractivity contribution in [3.8, 4) is 17.2 Å². The second-order valence-electron chi connectivity index (χ2n) is 6.71. The number of hydrogen-bond donors (Lipinski definition) is 1. The van der Waals surface area contributed by atoms with Gasteiger partial charge in [-0.1, -0.05) is 29.3 Å². The molecule has 0 bridgehead atoms. The molecule has 0 atom stereocenters. The van der Waals surface area contributed by atoms with Gasteiger partial charge in [0.1, 0.15) is 12.4 Å². The maximum atomic E-state index is 12.3. The van der Waals surface area contributed by atoms with Crippen LogP contribution in [-0.4, -0.2) is 25.8 Å². The SMILES string of the molecule is CCOc1cc(/C=N\NC(=O)c2ccc(OC)cc2)c(Br)cc1OCc1ccc(Cl)cc1Cl. The van der Waals surface area contributed by atoms with Crippen LogP contribution in [0.1, 0.15) is 28.4 Å². The number of ether oxygens (including phenoxy) is 3. The molecule has 9 heteroatoms. The summed E-state index contributed by atoms with van der Waals surface area (Å²) in [6.07, 6.45) is 1.52. The van der Waals surface area contributed by atoms with Gasteiger partial charge in [0.05, 0.1) is 19.9 Å². The largest absolute Gasteiger partial charge is 0.497 e. The maximum absolute atomic E-state index is 12.3. The lowest BCUT2D eigenvalue weighted by atomic mass is 10.2. The van der Waals surface area contributed by atoms with Crippen LogP contribution in [0.2, 0.25) is 10.0 Å². The smallest absolute Gasteiger partial charge is 0.271 e. The van der Waals surface area contributed by atoms with Crippen molar-refractivity contribution in [2.75, 3.05) is 13.7 Å². The Bertz CT molecular complexity index is 1150. The zero-order chi connectivity index (χ0) is 23.8. The molecule has 1 N–H and O–H groups in total. The Hall–Kier alpha value is -2.74. The van der Waals surface area contributed by atoms with Crippen LogP contribution in [0.25, 0.3) is 0 Å². The molecule has 6 nitrogen and oxygen atoms in total. The van der Waals surface area contributed by atoms with Crippen LogP contribution in [0, 0.1) is 0 Å². The number of hydrazone groups is 1.